The van der Waals surface area contributed by atoms with Crippen LogP contribution in [0.5, 0.6) is 0 Å². The molecule has 2 aromatic heterocycles. The summed E-state index contributed by atoms with van der Waals surface area (Å²) in [6, 6.07) is 16.7. The van der Waals surface area contributed by atoms with E-state index in [-0.39, 0.29) is 12.1 Å². The highest BCUT2D eigenvalue weighted by Crippen LogP contribution is 2.35. The van der Waals surface area contributed by atoms with Crippen LogP contribution in [0.4, 0.5) is 11.4 Å². The Labute approximate surface area is 315 Å². The predicted octanol–water partition coefficient (Wildman–Crippen LogP) is 3.00. The number of morpholine rings is 1. The number of carboxylic acid groups (broad SMARTS) is 2. The highest BCUT2D eigenvalue weighted by Gasteiger charge is 2.38. The highest BCUT2D eigenvalue weighted by atomic mass is 16.5. The van der Waals surface area contributed by atoms with Gasteiger partial charge in [0.05, 0.1) is 38.0 Å². The number of aromatic nitrogens is 8. The summed E-state index contributed by atoms with van der Waals surface area (Å²) in [7, 11) is 1.82. The van der Waals surface area contributed by atoms with E-state index in [0.717, 1.165) is 61.3 Å². The van der Waals surface area contributed by atoms with Gasteiger partial charge in [0.1, 0.15) is 5.10 Å². The lowest BCUT2D eigenvalue weighted by Crippen LogP contribution is -2.49. The summed E-state index contributed by atoms with van der Waals surface area (Å²) in [5, 5.41) is 46.6. The first-order chi connectivity index (χ1) is 26.2. The van der Waals surface area contributed by atoms with Gasteiger partial charge in [-0.2, -0.15) is 9.90 Å². The number of H-pyrrole nitrogens is 2. The molecule has 2 aromatic carbocycles. The van der Waals surface area contributed by atoms with Crippen LogP contribution in [0, 0.1) is 11.8 Å². The zero-order valence-electron chi connectivity index (χ0n) is 31.3. The van der Waals surface area contributed by atoms with Gasteiger partial charge in [0.2, 0.25) is 0 Å². The summed E-state index contributed by atoms with van der Waals surface area (Å²) in [6.07, 6.45) is 5.95. The minimum atomic E-state index is -0.870. The van der Waals surface area contributed by atoms with Crippen LogP contribution in [0.15, 0.2) is 48.5 Å². The second-order valence-corrected chi connectivity index (χ2v) is 14.8. The fourth-order valence-electron chi connectivity index (χ4n) is 8.36. The van der Waals surface area contributed by atoms with Crippen molar-refractivity contribution in [2.45, 2.75) is 88.6 Å². The van der Waals surface area contributed by atoms with E-state index in [1.807, 2.05) is 32.2 Å². The molecule has 2 fully saturated rings. The molecule has 4 heterocycles. The number of anilines is 2. The zero-order chi connectivity index (χ0) is 38.0. The second-order valence-electron chi connectivity index (χ2n) is 14.8. The number of piperidine rings is 1. The monoisotopic (exact) mass is 744 g/mol. The molecule has 6 unspecified atom stereocenters. The second kappa shape index (κ2) is 18.4. The molecule has 16 nitrogen and oxygen atoms in total. The number of rotatable bonds is 18. The Bertz CT molecular complexity index is 1800. The minimum absolute atomic E-state index is 0.00877. The molecule has 0 aliphatic carbocycles. The van der Waals surface area contributed by atoms with E-state index < -0.39 is 35.6 Å². The van der Waals surface area contributed by atoms with E-state index in [1.54, 1.807) is 4.68 Å². The van der Waals surface area contributed by atoms with Crippen molar-refractivity contribution >= 4 is 23.3 Å². The van der Waals surface area contributed by atoms with Crippen LogP contribution in [-0.2, 0) is 34.2 Å². The van der Waals surface area contributed by atoms with Gasteiger partial charge in [-0.1, -0.05) is 54.5 Å². The van der Waals surface area contributed by atoms with Crippen LogP contribution in [0.1, 0.15) is 86.5 Å². The number of hydrogen-bond donors (Lipinski definition) is 5. The molecule has 4 aromatic rings. The number of carbonyl (C=O) groups is 2. The average molecular weight is 745 g/mol. The molecule has 6 rings (SSSR count). The van der Waals surface area contributed by atoms with Crippen molar-refractivity contribution < 1.29 is 29.2 Å². The molecule has 6 atom stereocenters. The van der Waals surface area contributed by atoms with Crippen molar-refractivity contribution in [2.75, 3.05) is 42.6 Å². The van der Waals surface area contributed by atoms with E-state index in [1.165, 1.54) is 0 Å². The standard InChI is InChI=1S/C38H53N11O5/c1-3-7-31(37(50)51)33(35-40-43-44-41-35)22-26-9-5-12-30(21-26)49-24-27(39)14-15-28(49)10-6-13-32(38(52)53)34(36-42-45-46-47(36)2)23-25-8-4-11-29(20-25)48-16-18-54-19-17-48/h4-5,8-9,11-12,20-21,27-28,31-34H,3,6-7,10,13-19,22-24,39H2,1-2H3,(H3,40,41,43,44,50,51,52,53)/p+1. The first-order valence-corrected chi connectivity index (χ1v) is 19.2. The maximum Gasteiger partial charge on any atom is 0.307 e. The summed E-state index contributed by atoms with van der Waals surface area (Å²) >= 11 is 0. The molecule has 0 radical (unpaired) electrons. The molecule has 2 aliphatic rings. The Kier molecular flexibility index (Phi) is 13.2. The largest absolute Gasteiger partial charge is 0.481 e. The lowest BCUT2D eigenvalue weighted by atomic mass is 9.81. The molecule has 0 spiro atoms. The molecule has 2 saturated heterocycles. The quantitative estimate of drug-likeness (QED) is 0.0928. The van der Waals surface area contributed by atoms with Crippen LogP contribution in [-0.4, -0.2) is 103 Å². The van der Waals surface area contributed by atoms with Gasteiger partial charge in [0.15, 0.2) is 11.0 Å². The van der Waals surface area contributed by atoms with Crippen molar-refractivity contribution in [3.05, 3.63) is 71.3 Å². The summed E-state index contributed by atoms with van der Waals surface area (Å²) in [4.78, 5) is 30.0. The number of tetrazole rings is 2. The normalized spacial score (nSPS) is 20.0. The van der Waals surface area contributed by atoms with Gasteiger partial charge in [-0.3, -0.25) is 9.59 Å². The topological polar surface area (TPSA) is 216 Å². The number of aromatic amines is 2. The maximum atomic E-state index is 13.0. The van der Waals surface area contributed by atoms with E-state index in [4.69, 9.17) is 10.5 Å². The van der Waals surface area contributed by atoms with Crippen molar-refractivity contribution in [1.29, 1.82) is 0 Å². The third-order valence-electron chi connectivity index (χ3n) is 11.2. The number of nitrogens with two attached hydrogens (primary N) is 1. The Hall–Kier alpha value is -4.96. The molecular formula is C38H54N11O5+. The number of benzene rings is 2. The lowest BCUT2D eigenvalue weighted by Gasteiger charge is -2.41. The molecule has 16 heteroatoms. The van der Waals surface area contributed by atoms with Crippen LogP contribution in [0.3, 0.4) is 0 Å². The van der Waals surface area contributed by atoms with Crippen molar-refractivity contribution in [3.8, 4) is 0 Å². The summed E-state index contributed by atoms with van der Waals surface area (Å²) in [5.74, 6) is -2.86. The average Bonchev–Trinajstić information content (AvgIpc) is 3.87. The van der Waals surface area contributed by atoms with Gasteiger partial charge in [-0.25, -0.2) is 0 Å². The van der Waals surface area contributed by atoms with E-state index >= 15 is 0 Å². The van der Waals surface area contributed by atoms with Crippen molar-refractivity contribution in [1.82, 2.24) is 36.1 Å². The van der Waals surface area contributed by atoms with Crippen LogP contribution in [0.2, 0.25) is 0 Å². The Morgan fingerprint density at radius 2 is 1.63 bits per heavy atom. The minimum Gasteiger partial charge on any atom is -0.481 e. The molecule has 6 N–H and O–H groups in total. The van der Waals surface area contributed by atoms with Gasteiger partial charge < -0.3 is 30.5 Å². The zero-order valence-corrected chi connectivity index (χ0v) is 31.3. The van der Waals surface area contributed by atoms with E-state index in [2.05, 4.69) is 76.3 Å². The number of ether oxygens (including phenoxy) is 1. The number of aliphatic carboxylic acids is 2. The number of aryl methyl sites for hydroxylation is 1. The van der Waals surface area contributed by atoms with E-state index in [9.17, 15) is 19.8 Å². The predicted molar refractivity (Wildman–Crippen MR) is 200 cm³/mol. The molecule has 290 valence electrons. The van der Waals surface area contributed by atoms with E-state index in [0.29, 0.717) is 63.5 Å². The summed E-state index contributed by atoms with van der Waals surface area (Å²) < 4.78 is 7.26. The van der Waals surface area contributed by atoms with Gasteiger partial charge in [0.25, 0.3) is 0 Å². The lowest BCUT2D eigenvalue weighted by molar-refractivity contribution is -0.739. The Morgan fingerprint density at radius 3 is 2.28 bits per heavy atom. The van der Waals surface area contributed by atoms with Crippen molar-refractivity contribution in [2.24, 2.45) is 24.6 Å². The molecule has 2 aliphatic heterocycles. The molecule has 0 bridgehead atoms. The molecule has 0 amide bonds. The molecular weight excluding hydrogens is 690 g/mol. The summed E-state index contributed by atoms with van der Waals surface area (Å²) in [5.41, 5.74) is 10.7. The molecule has 0 saturated carbocycles. The van der Waals surface area contributed by atoms with Gasteiger partial charge in [-0.05, 0) is 80.3 Å². The number of nitrogens with one attached hydrogen (secondary N) is 2. The fourth-order valence-corrected chi connectivity index (χ4v) is 8.36. The first kappa shape index (κ1) is 38.8. The first-order valence-electron chi connectivity index (χ1n) is 19.2. The van der Waals surface area contributed by atoms with Gasteiger partial charge in [-0.15, -0.1) is 10.2 Å². The third kappa shape index (κ3) is 9.58. The number of carboxylic acids is 2. The van der Waals surface area contributed by atoms with Gasteiger partial charge in [0, 0.05) is 49.0 Å². The van der Waals surface area contributed by atoms with Crippen molar-refractivity contribution in [3.63, 3.8) is 0 Å². The van der Waals surface area contributed by atoms with Crippen LogP contribution in [0.25, 0.3) is 0 Å². The molecule has 54 heavy (non-hydrogen) atoms. The van der Waals surface area contributed by atoms with Crippen LogP contribution < -0.4 is 20.2 Å². The summed E-state index contributed by atoms with van der Waals surface area (Å²) in [6.45, 7) is 5.67. The van der Waals surface area contributed by atoms with Crippen LogP contribution >= 0.6 is 0 Å². The smallest absolute Gasteiger partial charge is 0.307 e. The SMILES string of the molecule is CCCC(C(=O)O)C(Cc1cccc(N2CC(N)CCC2CCCC(C(=O)O)C(Cc2cccc(N3CCOCC3)c2)c2nn[nH][n+]2C)c1)c1nn[nH]n1. The maximum absolute atomic E-state index is 13.0. The Balaban J connectivity index is 1.18. The third-order valence-corrected chi connectivity index (χ3v) is 11.2. The number of nitrogens with zero attached hydrogens (tertiary/aromatic N) is 8. The van der Waals surface area contributed by atoms with Gasteiger partial charge >= 0.3 is 17.8 Å². The fraction of sp³-hybridized carbons (Fsp3) is 0.579. The highest BCUT2D eigenvalue weighted by molar-refractivity contribution is 5.71. The number of hydrogen-bond acceptors (Lipinski definition) is 11. The Morgan fingerprint density at radius 1 is 0.944 bits per heavy atom.